The van der Waals surface area contributed by atoms with Crippen molar-refractivity contribution in [1.29, 1.82) is 0 Å². The topological polar surface area (TPSA) is 104 Å². The molecule has 1 aromatic carbocycles. The quantitative estimate of drug-likeness (QED) is 0.469. The summed E-state index contributed by atoms with van der Waals surface area (Å²) in [5, 5.41) is 24.6. The molecule has 0 saturated heterocycles. The number of thiazole rings is 2. The summed E-state index contributed by atoms with van der Waals surface area (Å²) >= 11 is 2.92. The van der Waals surface area contributed by atoms with Gasteiger partial charge < -0.3 is 15.3 Å². The Morgan fingerprint density at radius 2 is 2.07 bits per heavy atom. The lowest BCUT2D eigenvalue weighted by Crippen LogP contribution is -2.15. The Balaban J connectivity index is 1.38. The summed E-state index contributed by atoms with van der Waals surface area (Å²) in [7, 11) is 0. The molecule has 1 saturated carbocycles. The molecule has 4 heterocycles. The minimum absolute atomic E-state index is 0.0629. The molecule has 2 N–H and O–H groups in total. The van der Waals surface area contributed by atoms with Crippen molar-refractivity contribution in [2.75, 3.05) is 16.8 Å². The summed E-state index contributed by atoms with van der Waals surface area (Å²) in [6.45, 7) is 0.723. The van der Waals surface area contributed by atoms with Gasteiger partial charge in [0.05, 0.1) is 10.2 Å². The SMILES string of the molecule is O=C(O)c1csc(N2CCc3c2nnc(Nc2nc4ccccc4s2)c3C2CC2)n1. The van der Waals surface area contributed by atoms with Crippen LogP contribution in [0.1, 0.15) is 40.4 Å². The van der Waals surface area contributed by atoms with E-state index in [4.69, 9.17) is 0 Å². The molecular formula is C20H16N6O2S2. The number of hydrogen-bond donors (Lipinski definition) is 2. The van der Waals surface area contributed by atoms with Crippen LogP contribution in [0.4, 0.5) is 21.9 Å². The number of aromatic carboxylic acids is 1. The second-order valence-electron chi connectivity index (χ2n) is 7.37. The van der Waals surface area contributed by atoms with Crippen LogP contribution >= 0.6 is 22.7 Å². The normalized spacial score (nSPS) is 15.5. The number of carboxylic acids is 1. The van der Waals surface area contributed by atoms with Gasteiger partial charge in [0.2, 0.25) is 0 Å². The van der Waals surface area contributed by atoms with E-state index in [2.05, 4.69) is 31.5 Å². The number of benzene rings is 1. The van der Waals surface area contributed by atoms with Crippen LogP contribution in [0.5, 0.6) is 0 Å². The fourth-order valence-electron chi connectivity index (χ4n) is 3.87. The summed E-state index contributed by atoms with van der Waals surface area (Å²) < 4.78 is 1.13. The zero-order valence-corrected chi connectivity index (χ0v) is 17.3. The molecule has 10 heteroatoms. The minimum atomic E-state index is -1.02. The minimum Gasteiger partial charge on any atom is -0.476 e. The van der Waals surface area contributed by atoms with Gasteiger partial charge in [-0.3, -0.25) is 0 Å². The number of nitrogens with zero attached hydrogens (tertiary/aromatic N) is 5. The summed E-state index contributed by atoms with van der Waals surface area (Å²) in [6, 6.07) is 8.06. The first-order valence-electron chi connectivity index (χ1n) is 9.66. The van der Waals surface area contributed by atoms with E-state index in [1.54, 1.807) is 16.7 Å². The Morgan fingerprint density at radius 3 is 2.83 bits per heavy atom. The molecular weight excluding hydrogens is 420 g/mol. The summed E-state index contributed by atoms with van der Waals surface area (Å²) in [5.41, 5.74) is 3.43. The Morgan fingerprint density at radius 1 is 1.20 bits per heavy atom. The lowest BCUT2D eigenvalue weighted by molar-refractivity contribution is 0.0691. The van der Waals surface area contributed by atoms with E-state index in [0.717, 1.165) is 52.8 Å². The molecule has 4 aromatic rings. The molecule has 6 rings (SSSR count). The highest BCUT2D eigenvalue weighted by molar-refractivity contribution is 7.22. The number of carbonyl (C=O) groups is 1. The molecule has 30 heavy (non-hydrogen) atoms. The highest BCUT2D eigenvalue weighted by Crippen LogP contribution is 2.49. The Labute approximate surface area is 179 Å². The van der Waals surface area contributed by atoms with Crippen molar-refractivity contribution >= 4 is 60.8 Å². The molecule has 1 aliphatic heterocycles. The number of anilines is 4. The van der Waals surface area contributed by atoms with Gasteiger partial charge in [0.15, 0.2) is 27.6 Å². The summed E-state index contributed by atoms with van der Waals surface area (Å²) in [4.78, 5) is 22.1. The van der Waals surface area contributed by atoms with Crippen LogP contribution in [0, 0.1) is 0 Å². The van der Waals surface area contributed by atoms with Gasteiger partial charge in [-0.05, 0) is 37.3 Å². The van der Waals surface area contributed by atoms with Gasteiger partial charge in [0, 0.05) is 23.1 Å². The molecule has 0 atom stereocenters. The number of fused-ring (bicyclic) bond motifs is 2. The molecule has 3 aromatic heterocycles. The first-order valence-corrected chi connectivity index (χ1v) is 11.4. The molecule has 1 aliphatic carbocycles. The van der Waals surface area contributed by atoms with Gasteiger partial charge in [-0.15, -0.1) is 21.5 Å². The van der Waals surface area contributed by atoms with Gasteiger partial charge in [-0.25, -0.2) is 14.8 Å². The van der Waals surface area contributed by atoms with E-state index < -0.39 is 5.97 Å². The third-order valence-electron chi connectivity index (χ3n) is 5.38. The van der Waals surface area contributed by atoms with E-state index in [-0.39, 0.29) is 5.69 Å². The molecule has 2 aliphatic rings. The molecule has 0 spiro atoms. The van der Waals surface area contributed by atoms with Crippen molar-refractivity contribution in [3.63, 3.8) is 0 Å². The molecule has 0 bridgehead atoms. The number of carboxylic acid groups (broad SMARTS) is 1. The van der Waals surface area contributed by atoms with Crippen LogP contribution in [0.2, 0.25) is 0 Å². The summed E-state index contributed by atoms with van der Waals surface area (Å²) in [5.74, 6) is 1.04. The number of hydrogen-bond acceptors (Lipinski definition) is 9. The molecule has 0 unspecified atom stereocenters. The molecule has 150 valence electrons. The van der Waals surface area contributed by atoms with Crippen LogP contribution in [-0.4, -0.2) is 37.8 Å². The predicted molar refractivity (Wildman–Crippen MR) is 117 cm³/mol. The highest BCUT2D eigenvalue weighted by atomic mass is 32.1. The maximum Gasteiger partial charge on any atom is 0.355 e. The molecule has 0 amide bonds. The average molecular weight is 437 g/mol. The van der Waals surface area contributed by atoms with E-state index in [0.29, 0.717) is 11.0 Å². The van der Waals surface area contributed by atoms with Gasteiger partial charge in [-0.2, -0.15) is 0 Å². The Hall–Kier alpha value is -3.11. The van der Waals surface area contributed by atoms with Crippen LogP contribution in [0.15, 0.2) is 29.6 Å². The van der Waals surface area contributed by atoms with Gasteiger partial charge in [0.1, 0.15) is 0 Å². The maximum atomic E-state index is 11.2. The van der Waals surface area contributed by atoms with Crippen LogP contribution in [0.3, 0.4) is 0 Å². The molecule has 0 radical (unpaired) electrons. The standard InChI is InChI=1S/C20H16N6O2S2/c27-18(28)13-9-29-20(22-13)26-8-7-11-15(10-5-6-10)16(24-25-17(11)26)23-19-21-12-3-1-2-4-14(12)30-19/h1-4,9-10H,5-8H2,(H,27,28)(H,21,23,24). The lowest BCUT2D eigenvalue weighted by atomic mass is 10.0. The number of nitrogens with one attached hydrogen (secondary N) is 1. The maximum absolute atomic E-state index is 11.2. The van der Waals surface area contributed by atoms with Crippen molar-refractivity contribution in [3.05, 3.63) is 46.5 Å². The first-order chi connectivity index (χ1) is 14.7. The average Bonchev–Trinajstić information content (AvgIpc) is 3.15. The third kappa shape index (κ3) is 2.91. The zero-order valence-electron chi connectivity index (χ0n) is 15.7. The zero-order chi connectivity index (χ0) is 20.2. The number of aromatic nitrogens is 4. The van der Waals surface area contributed by atoms with Crippen LogP contribution in [-0.2, 0) is 6.42 Å². The van der Waals surface area contributed by atoms with Crippen molar-refractivity contribution < 1.29 is 9.90 Å². The Kier molecular flexibility index (Phi) is 3.96. The van der Waals surface area contributed by atoms with Crippen molar-refractivity contribution in [3.8, 4) is 0 Å². The van der Waals surface area contributed by atoms with E-state index in [9.17, 15) is 9.90 Å². The smallest absolute Gasteiger partial charge is 0.355 e. The Bertz CT molecular complexity index is 1260. The fourth-order valence-corrected chi connectivity index (χ4v) is 5.56. The lowest BCUT2D eigenvalue weighted by Gasteiger charge is -2.16. The van der Waals surface area contributed by atoms with Crippen molar-refractivity contribution in [2.24, 2.45) is 0 Å². The number of para-hydroxylation sites is 1. The van der Waals surface area contributed by atoms with Crippen LogP contribution < -0.4 is 10.2 Å². The van der Waals surface area contributed by atoms with Crippen LogP contribution in [0.25, 0.3) is 10.2 Å². The van der Waals surface area contributed by atoms with Crippen molar-refractivity contribution in [2.45, 2.75) is 25.2 Å². The van der Waals surface area contributed by atoms with E-state index in [1.165, 1.54) is 22.5 Å². The second kappa shape index (κ2) is 6.71. The fraction of sp³-hybridized carbons (Fsp3) is 0.250. The largest absolute Gasteiger partial charge is 0.476 e. The van der Waals surface area contributed by atoms with Gasteiger partial charge >= 0.3 is 5.97 Å². The highest BCUT2D eigenvalue weighted by Gasteiger charge is 2.36. The predicted octanol–water partition coefficient (Wildman–Crippen LogP) is 4.56. The molecule has 1 fully saturated rings. The van der Waals surface area contributed by atoms with Crippen molar-refractivity contribution in [1.82, 2.24) is 20.2 Å². The third-order valence-corrected chi connectivity index (χ3v) is 7.20. The molecule has 8 nitrogen and oxygen atoms in total. The summed E-state index contributed by atoms with van der Waals surface area (Å²) in [6.07, 6.45) is 3.13. The second-order valence-corrected chi connectivity index (χ2v) is 9.24. The van der Waals surface area contributed by atoms with E-state index in [1.807, 2.05) is 23.1 Å². The van der Waals surface area contributed by atoms with E-state index >= 15 is 0 Å². The number of rotatable bonds is 5. The van der Waals surface area contributed by atoms with Gasteiger partial charge in [-0.1, -0.05) is 23.5 Å². The first kappa shape index (κ1) is 17.7. The van der Waals surface area contributed by atoms with Gasteiger partial charge in [0.25, 0.3) is 0 Å². The monoisotopic (exact) mass is 436 g/mol.